The molecule has 51 heavy (non-hydrogen) atoms. The molecule has 0 aliphatic carbocycles. The fourth-order valence-corrected chi connectivity index (χ4v) is 4.26. The molecule has 0 spiro atoms. The van der Waals surface area contributed by atoms with Crippen molar-refractivity contribution < 1.29 is 51.6 Å². The van der Waals surface area contributed by atoms with Crippen LogP contribution in [-0.2, 0) is 17.1 Å². The quantitative estimate of drug-likeness (QED) is 0.132. The summed E-state index contributed by atoms with van der Waals surface area (Å²) in [5.41, 5.74) is 7.35. The molecule has 6 aromatic rings. The van der Waals surface area contributed by atoms with Crippen molar-refractivity contribution in [2.45, 2.75) is 41.5 Å². The average Bonchev–Trinajstić information content (AvgIpc) is 3.54. The second-order valence-corrected chi connectivity index (χ2v) is 10.5. The van der Waals surface area contributed by atoms with Crippen LogP contribution in [0.2, 0.25) is 0 Å². The summed E-state index contributed by atoms with van der Waals surface area (Å²) in [5, 5.41) is 8.92. The van der Waals surface area contributed by atoms with E-state index in [4.69, 9.17) is 0 Å². The number of nitrogens with zero attached hydrogens (tertiary/aromatic N) is 10. The van der Waals surface area contributed by atoms with Gasteiger partial charge in [0.15, 0.2) is 23.3 Å². The van der Waals surface area contributed by atoms with Crippen LogP contribution in [0.3, 0.4) is 0 Å². The molecule has 0 N–H and O–H groups in total. The van der Waals surface area contributed by atoms with E-state index in [0.29, 0.717) is 11.6 Å². The normalized spacial score (nSPS) is 10.8. The first-order chi connectivity index (χ1) is 23.3. The van der Waals surface area contributed by atoms with Gasteiger partial charge in [0.05, 0.1) is 11.4 Å². The maximum absolute atomic E-state index is 9.75. The van der Waals surface area contributed by atoms with Crippen LogP contribution in [0, 0.1) is 41.5 Å². The number of hydrogen-bond donors (Lipinski definition) is 0. The van der Waals surface area contributed by atoms with Crippen molar-refractivity contribution in [3.8, 4) is 34.7 Å². The van der Waals surface area contributed by atoms with Crippen LogP contribution >= 0.6 is 0 Å². The monoisotopic (exact) mass is 760 g/mol. The van der Waals surface area contributed by atoms with Gasteiger partial charge in [-0.2, -0.15) is 10.2 Å². The van der Waals surface area contributed by atoms with E-state index in [2.05, 4.69) is 40.1 Å². The van der Waals surface area contributed by atoms with Crippen LogP contribution in [0.5, 0.6) is 0 Å². The smallest absolute Gasteiger partial charge is 0.418 e. The molecule has 0 saturated heterocycles. The van der Waals surface area contributed by atoms with Crippen LogP contribution in [0.4, 0.5) is 34.5 Å². The molecular formula is C30H30B2F8FeN10. The van der Waals surface area contributed by atoms with E-state index in [1.54, 1.807) is 12.4 Å². The van der Waals surface area contributed by atoms with Crippen LogP contribution in [0.15, 0.2) is 73.1 Å². The Bertz CT molecular complexity index is 1840. The van der Waals surface area contributed by atoms with Gasteiger partial charge in [0.25, 0.3) is 0 Å². The average molecular weight is 760 g/mol. The molecule has 0 atom stereocenters. The molecule has 6 heterocycles. The molecule has 270 valence electrons. The summed E-state index contributed by atoms with van der Waals surface area (Å²) >= 11 is 0. The minimum Gasteiger partial charge on any atom is -0.418 e. The largest absolute Gasteiger partial charge is 2.00 e. The minimum atomic E-state index is -6.00. The summed E-state index contributed by atoms with van der Waals surface area (Å²) in [6.07, 6.45) is 3.48. The van der Waals surface area contributed by atoms with Crippen LogP contribution in [0.25, 0.3) is 34.7 Å². The molecule has 0 aliphatic rings. The number of pyridine rings is 2. The van der Waals surface area contributed by atoms with Crippen molar-refractivity contribution >= 4 is 14.5 Å². The molecule has 0 saturated carbocycles. The van der Waals surface area contributed by atoms with Gasteiger partial charge in [0.1, 0.15) is 11.4 Å². The Morgan fingerprint density at radius 2 is 0.804 bits per heavy atom. The van der Waals surface area contributed by atoms with Crippen molar-refractivity contribution in [1.29, 1.82) is 0 Å². The van der Waals surface area contributed by atoms with E-state index in [0.717, 1.165) is 57.2 Å². The molecular weight excluding hydrogens is 730 g/mol. The summed E-state index contributed by atoms with van der Waals surface area (Å²) in [6, 6.07) is 19.3. The Kier molecular flexibility index (Phi) is 15.1. The second-order valence-electron chi connectivity index (χ2n) is 10.5. The first-order valence-corrected chi connectivity index (χ1v) is 14.6. The Morgan fingerprint density at radius 1 is 0.471 bits per heavy atom. The number of aryl methyl sites for hydroxylation is 6. The minimum absolute atomic E-state index is 0. The van der Waals surface area contributed by atoms with Gasteiger partial charge in [-0.1, -0.05) is 12.1 Å². The standard InChI is InChI=1S/2C15H15N5.2BF4.Fe/c2*1-10-9-14(20-12(3)8-11(2)19-20)18-15(17-10)13-6-4-5-7-16-13;2*2-1(3,4)5;/h2*4-9H,1-3H3;;;/q;;2*-1;+2. The molecule has 0 amide bonds. The fraction of sp³-hybridized carbons (Fsp3) is 0.200. The maximum Gasteiger partial charge on any atom is 2.00 e. The van der Waals surface area contributed by atoms with Crippen molar-refractivity contribution in [2.24, 2.45) is 0 Å². The van der Waals surface area contributed by atoms with Crippen molar-refractivity contribution in [2.75, 3.05) is 0 Å². The predicted octanol–water partition coefficient (Wildman–Crippen LogP) is 7.90. The van der Waals surface area contributed by atoms with Crippen molar-refractivity contribution in [1.82, 2.24) is 49.5 Å². The van der Waals surface area contributed by atoms with Crippen LogP contribution in [-0.4, -0.2) is 64.0 Å². The van der Waals surface area contributed by atoms with E-state index in [-0.39, 0.29) is 17.1 Å². The first kappa shape index (κ1) is 42.1. The summed E-state index contributed by atoms with van der Waals surface area (Å²) in [7, 11) is -12.0. The summed E-state index contributed by atoms with van der Waals surface area (Å²) in [4.78, 5) is 26.6. The van der Waals surface area contributed by atoms with Gasteiger partial charge in [-0.15, -0.1) is 0 Å². The topological polar surface area (TPSA) is 113 Å². The van der Waals surface area contributed by atoms with Crippen molar-refractivity contribution in [3.05, 3.63) is 107 Å². The third-order valence-electron chi connectivity index (χ3n) is 5.92. The van der Waals surface area contributed by atoms with Gasteiger partial charge in [-0.05, 0) is 77.9 Å². The third kappa shape index (κ3) is 14.8. The SMILES string of the molecule is Cc1cc(-n2nc(C)cc2C)nc(-c2ccccn2)n1.Cc1cc(-n2nc(C)cc2C)nc(-c2ccccn2)n1.F[B-](F)(F)F.F[B-](F)(F)F.[Fe+2]. The molecule has 0 aliphatic heterocycles. The van der Waals surface area contributed by atoms with Gasteiger partial charge in [0.2, 0.25) is 0 Å². The molecule has 0 unspecified atom stereocenters. The first-order valence-electron chi connectivity index (χ1n) is 14.6. The van der Waals surface area contributed by atoms with Crippen LogP contribution < -0.4 is 0 Å². The molecule has 0 fully saturated rings. The van der Waals surface area contributed by atoms with E-state index in [9.17, 15) is 34.5 Å². The molecule has 6 aromatic heterocycles. The second kappa shape index (κ2) is 18.3. The van der Waals surface area contributed by atoms with Crippen LogP contribution in [0.1, 0.15) is 34.2 Å². The zero-order valence-electron chi connectivity index (χ0n) is 27.9. The summed E-state index contributed by atoms with van der Waals surface area (Å²) < 4.78 is 81.7. The van der Waals surface area contributed by atoms with E-state index < -0.39 is 14.5 Å². The Labute approximate surface area is 298 Å². The zero-order valence-corrected chi connectivity index (χ0v) is 29.0. The molecule has 0 radical (unpaired) electrons. The van der Waals surface area contributed by atoms with E-state index >= 15 is 0 Å². The molecule has 0 bridgehead atoms. The number of halogens is 8. The molecule has 0 aromatic carbocycles. The van der Waals surface area contributed by atoms with Gasteiger partial charge in [0, 0.05) is 47.3 Å². The van der Waals surface area contributed by atoms with Gasteiger partial charge in [-0.25, -0.2) is 29.3 Å². The summed E-state index contributed by atoms with van der Waals surface area (Å²) in [5.74, 6) is 2.77. The number of hydrogen-bond acceptors (Lipinski definition) is 8. The predicted molar refractivity (Wildman–Crippen MR) is 174 cm³/mol. The third-order valence-corrected chi connectivity index (χ3v) is 5.92. The Morgan fingerprint density at radius 3 is 1.06 bits per heavy atom. The summed E-state index contributed by atoms with van der Waals surface area (Å²) in [6.45, 7) is 11.9. The molecule has 21 heteroatoms. The van der Waals surface area contributed by atoms with E-state index in [1.165, 1.54) is 0 Å². The van der Waals surface area contributed by atoms with E-state index in [1.807, 2.05) is 112 Å². The van der Waals surface area contributed by atoms with Gasteiger partial charge < -0.3 is 34.5 Å². The Balaban J connectivity index is 0.000000276. The molecule has 10 nitrogen and oxygen atoms in total. The molecule has 6 rings (SSSR count). The fourth-order valence-electron chi connectivity index (χ4n) is 4.26. The van der Waals surface area contributed by atoms with Gasteiger partial charge in [-0.3, -0.25) is 9.97 Å². The number of aromatic nitrogens is 10. The van der Waals surface area contributed by atoms with Gasteiger partial charge >= 0.3 is 31.6 Å². The number of rotatable bonds is 4. The van der Waals surface area contributed by atoms with Crippen molar-refractivity contribution in [3.63, 3.8) is 0 Å². The maximum atomic E-state index is 9.75. The Hall–Kier alpha value is -5.03. The zero-order chi connectivity index (χ0) is 37.2.